The van der Waals surface area contributed by atoms with Gasteiger partial charge in [0, 0.05) is 5.69 Å². The van der Waals surface area contributed by atoms with E-state index in [4.69, 9.17) is 0 Å². The fourth-order valence-electron chi connectivity index (χ4n) is 3.29. The van der Waals surface area contributed by atoms with Gasteiger partial charge < -0.3 is 4.98 Å². The van der Waals surface area contributed by atoms with Crippen LogP contribution in [0.1, 0.15) is 57.8 Å². The lowest BCUT2D eigenvalue weighted by Gasteiger charge is -2.14. The van der Waals surface area contributed by atoms with E-state index >= 15 is 0 Å². The van der Waals surface area contributed by atoms with E-state index < -0.39 is 0 Å². The molecule has 0 aliphatic heterocycles. The lowest BCUT2D eigenvalue weighted by molar-refractivity contribution is 0.759. The summed E-state index contributed by atoms with van der Waals surface area (Å²) in [6.07, 6.45) is 1.78. The van der Waals surface area contributed by atoms with Crippen molar-refractivity contribution in [3.8, 4) is 0 Å². The van der Waals surface area contributed by atoms with Crippen LogP contribution in [-0.2, 0) is 0 Å². The molecule has 2 aromatic carbocycles. The van der Waals surface area contributed by atoms with E-state index in [2.05, 4.69) is 99.7 Å². The third-order valence-corrected chi connectivity index (χ3v) is 4.58. The molecule has 0 aliphatic carbocycles. The summed E-state index contributed by atoms with van der Waals surface area (Å²) >= 11 is 0. The Morgan fingerprint density at radius 1 is 0.852 bits per heavy atom. The van der Waals surface area contributed by atoms with Crippen LogP contribution in [0.2, 0.25) is 0 Å². The zero-order chi connectivity index (χ0) is 19.8. The van der Waals surface area contributed by atoms with E-state index in [1.807, 2.05) is 12.1 Å². The molecule has 3 heteroatoms. The van der Waals surface area contributed by atoms with Gasteiger partial charge in [-0.3, -0.25) is 0 Å². The van der Waals surface area contributed by atoms with Crippen LogP contribution in [0.15, 0.2) is 79.0 Å². The Balaban J connectivity index is 0.000000208. The van der Waals surface area contributed by atoms with Gasteiger partial charge >= 0.3 is 0 Å². The summed E-state index contributed by atoms with van der Waals surface area (Å²) in [5, 5.41) is 0. The maximum Gasteiger partial charge on any atom is 0.236 e. The quantitative estimate of drug-likeness (QED) is 0.634. The second kappa shape index (κ2) is 9.96. The molecule has 0 atom stereocenters. The SMILES string of the molecule is C=C(C)B(c1ccccc1)c1ccccc1.CC(C)c1nc[nH]c1C(C)C. The molecule has 0 saturated carbocycles. The van der Waals surface area contributed by atoms with Crippen molar-refractivity contribution < 1.29 is 0 Å². The highest BCUT2D eigenvalue weighted by molar-refractivity contribution is 6.90. The molecule has 0 fully saturated rings. The summed E-state index contributed by atoms with van der Waals surface area (Å²) in [7, 11) is 0. The van der Waals surface area contributed by atoms with Crippen molar-refractivity contribution in [3.05, 3.63) is 90.4 Å². The summed E-state index contributed by atoms with van der Waals surface area (Å²) in [6.45, 7) is 15.2. The van der Waals surface area contributed by atoms with Gasteiger partial charge in [-0.15, -0.1) is 12.1 Å². The Kier molecular flexibility index (Phi) is 7.66. The van der Waals surface area contributed by atoms with Crippen LogP contribution in [0.4, 0.5) is 0 Å². The molecular formula is C24H31BN2. The fraction of sp³-hybridized carbons (Fsp3) is 0.292. The minimum Gasteiger partial charge on any atom is -0.348 e. The van der Waals surface area contributed by atoms with E-state index in [1.54, 1.807) is 6.33 Å². The van der Waals surface area contributed by atoms with Crippen molar-refractivity contribution in [2.24, 2.45) is 0 Å². The third kappa shape index (κ3) is 5.72. The molecule has 0 radical (unpaired) electrons. The van der Waals surface area contributed by atoms with E-state index in [-0.39, 0.29) is 0 Å². The Morgan fingerprint density at radius 2 is 1.33 bits per heavy atom. The molecule has 0 amide bonds. The van der Waals surface area contributed by atoms with Gasteiger partial charge in [0.2, 0.25) is 6.71 Å². The van der Waals surface area contributed by atoms with E-state index in [9.17, 15) is 0 Å². The topological polar surface area (TPSA) is 28.7 Å². The molecule has 0 spiro atoms. The number of nitrogens with one attached hydrogen (secondary N) is 1. The van der Waals surface area contributed by atoms with E-state index in [1.165, 1.54) is 27.8 Å². The lowest BCUT2D eigenvalue weighted by atomic mass is 9.37. The Morgan fingerprint density at radius 3 is 1.67 bits per heavy atom. The minimum atomic E-state index is 0.308. The molecule has 1 aromatic heterocycles. The van der Waals surface area contributed by atoms with Gasteiger partial charge in [0.05, 0.1) is 12.0 Å². The van der Waals surface area contributed by atoms with Crippen molar-refractivity contribution in [2.75, 3.05) is 0 Å². The van der Waals surface area contributed by atoms with Crippen LogP contribution >= 0.6 is 0 Å². The molecule has 140 valence electrons. The predicted molar refractivity (Wildman–Crippen MR) is 119 cm³/mol. The standard InChI is InChI=1S/C15H15B.C9H16N2/c1-13(2)16(14-9-5-3-6-10-14)15-11-7-4-8-12-15;1-6(2)8-9(7(3)4)11-5-10-8/h3-12H,1H2,2H3;5-7H,1-4H3,(H,10,11). The predicted octanol–water partition coefficient (Wildman–Crippen LogP) is 5.07. The van der Waals surface area contributed by atoms with Gasteiger partial charge in [0.25, 0.3) is 0 Å². The third-order valence-electron chi connectivity index (χ3n) is 4.58. The molecule has 0 saturated heterocycles. The van der Waals surface area contributed by atoms with Crippen LogP contribution in [0, 0.1) is 0 Å². The summed E-state index contributed by atoms with van der Waals surface area (Å²) in [4.78, 5) is 7.46. The highest BCUT2D eigenvalue weighted by Gasteiger charge is 2.18. The highest BCUT2D eigenvalue weighted by atomic mass is 14.9. The summed E-state index contributed by atoms with van der Waals surface area (Å²) < 4.78 is 0. The Bertz CT molecular complexity index is 758. The van der Waals surface area contributed by atoms with Crippen molar-refractivity contribution in [1.29, 1.82) is 0 Å². The minimum absolute atomic E-state index is 0.308. The molecule has 2 nitrogen and oxygen atoms in total. The summed E-state index contributed by atoms with van der Waals surface area (Å²) in [5.74, 6) is 1.08. The van der Waals surface area contributed by atoms with Crippen molar-refractivity contribution >= 4 is 17.6 Å². The van der Waals surface area contributed by atoms with Crippen LogP contribution in [0.5, 0.6) is 0 Å². The number of imidazole rings is 1. The molecular weight excluding hydrogens is 327 g/mol. The molecule has 1 N–H and O–H groups in total. The summed E-state index contributed by atoms with van der Waals surface area (Å²) in [6, 6.07) is 21.0. The monoisotopic (exact) mass is 358 g/mol. The number of hydrogen-bond donors (Lipinski definition) is 1. The van der Waals surface area contributed by atoms with Gasteiger partial charge in [-0.05, 0) is 11.8 Å². The van der Waals surface area contributed by atoms with Crippen LogP contribution in [-0.4, -0.2) is 16.7 Å². The van der Waals surface area contributed by atoms with Gasteiger partial charge in [-0.25, -0.2) is 4.98 Å². The van der Waals surface area contributed by atoms with Gasteiger partial charge in [-0.1, -0.05) is 106 Å². The first kappa shape index (κ1) is 20.8. The number of hydrogen-bond acceptors (Lipinski definition) is 1. The fourth-order valence-corrected chi connectivity index (χ4v) is 3.29. The van der Waals surface area contributed by atoms with Crippen molar-refractivity contribution in [2.45, 2.75) is 46.5 Å². The smallest absolute Gasteiger partial charge is 0.236 e. The molecule has 0 unspecified atom stereocenters. The normalized spacial score (nSPS) is 10.5. The first-order chi connectivity index (χ1) is 12.9. The molecule has 1 heterocycles. The first-order valence-corrected chi connectivity index (χ1v) is 9.70. The highest BCUT2D eigenvalue weighted by Crippen LogP contribution is 2.21. The summed E-state index contributed by atoms with van der Waals surface area (Å²) in [5.41, 5.74) is 6.28. The number of nitrogens with zero attached hydrogens (tertiary/aromatic N) is 1. The van der Waals surface area contributed by atoms with Crippen molar-refractivity contribution in [1.82, 2.24) is 9.97 Å². The number of H-pyrrole nitrogens is 1. The molecule has 27 heavy (non-hydrogen) atoms. The second-order valence-corrected chi connectivity index (χ2v) is 7.61. The average Bonchev–Trinajstić information content (AvgIpc) is 3.14. The van der Waals surface area contributed by atoms with Crippen LogP contribution < -0.4 is 10.9 Å². The average molecular weight is 358 g/mol. The van der Waals surface area contributed by atoms with Crippen molar-refractivity contribution in [3.63, 3.8) is 0 Å². The van der Waals surface area contributed by atoms with E-state index in [0.717, 1.165) is 0 Å². The van der Waals surface area contributed by atoms with Crippen LogP contribution in [0.25, 0.3) is 0 Å². The van der Waals surface area contributed by atoms with E-state index in [0.29, 0.717) is 18.5 Å². The number of benzene rings is 2. The Labute approximate surface area is 164 Å². The molecule has 3 rings (SSSR count). The Hall–Kier alpha value is -2.55. The lowest BCUT2D eigenvalue weighted by Crippen LogP contribution is -2.43. The zero-order valence-electron chi connectivity index (χ0n) is 17.2. The number of aromatic nitrogens is 2. The molecule has 0 bridgehead atoms. The largest absolute Gasteiger partial charge is 0.348 e. The van der Waals surface area contributed by atoms with Gasteiger partial charge in [0.1, 0.15) is 0 Å². The maximum absolute atomic E-state index is 4.28. The number of aromatic amines is 1. The maximum atomic E-state index is 4.28. The number of allylic oxidation sites excluding steroid dienone is 1. The molecule has 3 aromatic rings. The van der Waals surface area contributed by atoms with Crippen LogP contribution in [0.3, 0.4) is 0 Å². The first-order valence-electron chi connectivity index (χ1n) is 9.70. The number of rotatable bonds is 5. The molecule has 0 aliphatic rings. The van der Waals surface area contributed by atoms with Gasteiger partial charge in [0.15, 0.2) is 0 Å². The second-order valence-electron chi connectivity index (χ2n) is 7.61. The zero-order valence-corrected chi connectivity index (χ0v) is 17.2. The van der Waals surface area contributed by atoms with Gasteiger partial charge in [-0.2, -0.15) is 0 Å².